The van der Waals surface area contributed by atoms with E-state index in [-0.39, 0.29) is 0 Å². The van der Waals surface area contributed by atoms with Crippen molar-refractivity contribution in [3.05, 3.63) is 59.8 Å². The Morgan fingerprint density at radius 1 is 1.14 bits per heavy atom. The number of hydrogen-bond donors (Lipinski definition) is 1. The van der Waals surface area contributed by atoms with Crippen LogP contribution < -0.4 is 5.32 Å². The second-order valence-electron chi connectivity index (χ2n) is 5.50. The van der Waals surface area contributed by atoms with Crippen LogP contribution in [0.3, 0.4) is 0 Å². The van der Waals surface area contributed by atoms with Crippen molar-refractivity contribution in [3.8, 4) is 17.1 Å². The van der Waals surface area contributed by atoms with Crippen molar-refractivity contribution in [1.29, 1.82) is 0 Å². The molecule has 0 spiro atoms. The Labute approximate surface area is 129 Å². The van der Waals surface area contributed by atoms with E-state index in [1.165, 1.54) is 11.1 Å². The number of hydrogen-bond acceptors (Lipinski definition) is 3. The number of pyridine rings is 1. The maximum absolute atomic E-state index is 4.82. The monoisotopic (exact) mass is 290 g/mol. The highest BCUT2D eigenvalue weighted by Gasteiger charge is 2.24. The normalized spacial score (nSPS) is 13.0. The van der Waals surface area contributed by atoms with E-state index < -0.39 is 0 Å². The van der Waals surface area contributed by atoms with E-state index in [9.17, 15) is 0 Å². The van der Waals surface area contributed by atoms with Gasteiger partial charge in [0.2, 0.25) is 0 Å². The number of anilines is 1. The Hall–Kier alpha value is -2.62. The highest BCUT2D eigenvalue weighted by molar-refractivity contribution is 5.70. The fourth-order valence-electron chi connectivity index (χ4n) is 2.94. The molecule has 22 heavy (non-hydrogen) atoms. The Kier molecular flexibility index (Phi) is 3.15. The van der Waals surface area contributed by atoms with Crippen molar-refractivity contribution in [2.24, 2.45) is 0 Å². The average Bonchev–Trinajstić information content (AvgIpc) is 3.18. The van der Waals surface area contributed by atoms with Crippen LogP contribution in [0.2, 0.25) is 0 Å². The number of aromatic nitrogens is 3. The second kappa shape index (κ2) is 5.30. The fraction of sp³-hybridized carbons (Fsp3) is 0.222. The first-order valence-corrected chi connectivity index (χ1v) is 7.73. The summed E-state index contributed by atoms with van der Waals surface area (Å²) in [5.41, 5.74) is 5.61. The fourth-order valence-corrected chi connectivity index (χ4v) is 2.94. The SMILES string of the molecule is CCc1ccc(-n2nc(-c3ccccn3)c3c2NCC3)cc1. The van der Waals surface area contributed by atoms with Crippen molar-refractivity contribution in [2.45, 2.75) is 19.8 Å². The van der Waals surface area contributed by atoms with E-state index in [0.717, 1.165) is 42.3 Å². The summed E-state index contributed by atoms with van der Waals surface area (Å²) in [7, 11) is 0. The lowest BCUT2D eigenvalue weighted by molar-refractivity contribution is 0.879. The standard InChI is InChI=1S/C18H18N4/c1-2-13-6-8-14(9-7-13)22-18-15(10-12-20-18)17(21-22)16-5-3-4-11-19-16/h3-9,11,20H,2,10,12H2,1H3. The van der Waals surface area contributed by atoms with Gasteiger partial charge in [-0.05, 0) is 42.7 Å². The molecule has 0 unspecified atom stereocenters. The summed E-state index contributed by atoms with van der Waals surface area (Å²) in [5.74, 6) is 1.10. The molecule has 1 aliphatic heterocycles. The number of nitrogens with one attached hydrogen (secondary N) is 1. The van der Waals surface area contributed by atoms with Crippen LogP contribution in [0.1, 0.15) is 18.1 Å². The van der Waals surface area contributed by atoms with Crippen LogP contribution in [0.15, 0.2) is 48.7 Å². The van der Waals surface area contributed by atoms with Crippen molar-refractivity contribution in [1.82, 2.24) is 14.8 Å². The second-order valence-corrected chi connectivity index (χ2v) is 5.50. The molecule has 0 amide bonds. The first-order valence-electron chi connectivity index (χ1n) is 7.73. The number of nitrogens with zero attached hydrogens (tertiary/aromatic N) is 3. The maximum atomic E-state index is 4.82. The molecule has 1 N–H and O–H groups in total. The zero-order valence-electron chi connectivity index (χ0n) is 12.6. The molecule has 4 heteroatoms. The van der Waals surface area contributed by atoms with Crippen molar-refractivity contribution in [3.63, 3.8) is 0 Å². The molecule has 4 rings (SSSR count). The van der Waals surface area contributed by atoms with E-state index >= 15 is 0 Å². The first-order chi connectivity index (χ1) is 10.9. The Morgan fingerprint density at radius 3 is 2.73 bits per heavy atom. The summed E-state index contributed by atoms with van der Waals surface area (Å²) in [5, 5.41) is 8.28. The molecule has 1 aliphatic rings. The van der Waals surface area contributed by atoms with Crippen molar-refractivity contribution < 1.29 is 0 Å². The third-order valence-electron chi connectivity index (χ3n) is 4.15. The zero-order chi connectivity index (χ0) is 14.9. The minimum atomic E-state index is 0.936. The van der Waals surface area contributed by atoms with Crippen LogP contribution in [0, 0.1) is 0 Å². The highest BCUT2D eigenvalue weighted by Crippen LogP contribution is 2.33. The lowest BCUT2D eigenvalue weighted by Crippen LogP contribution is -2.04. The van der Waals surface area contributed by atoms with Gasteiger partial charge in [-0.15, -0.1) is 0 Å². The summed E-state index contributed by atoms with van der Waals surface area (Å²) in [6.45, 7) is 3.13. The summed E-state index contributed by atoms with van der Waals surface area (Å²) in [4.78, 5) is 4.46. The smallest absolute Gasteiger partial charge is 0.133 e. The summed E-state index contributed by atoms with van der Waals surface area (Å²) < 4.78 is 2.01. The molecule has 1 aromatic carbocycles. The Bertz CT molecular complexity index is 788. The van der Waals surface area contributed by atoms with E-state index in [4.69, 9.17) is 5.10 Å². The molecule has 4 nitrogen and oxygen atoms in total. The molecule has 0 bridgehead atoms. The molecule has 0 atom stereocenters. The topological polar surface area (TPSA) is 42.7 Å². The third kappa shape index (κ3) is 2.08. The van der Waals surface area contributed by atoms with Gasteiger partial charge >= 0.3 is 0 Å². The van der Waals surface area contributed by atoms with Gasteiger partial charge < -0.3 is 5.32 Å². The Morgan fingerprint density at radius 2 is 2.00 bits per heavy atom. The molecule has 110 valence electrons. The van der Waals surface area contributed by atoms with Crippen molar-refractivity contribution in [2.75, 3.05) is 11.9 Å². The molecule has 0 saturated carbocycles. The van der Waals surface area contributed by atoms with Crippen LogP contribution in [-0.2, 0) is 12.8 Å². The number of rotatable bonds is 3. The quantitative estimate of drug-likeness (QED) is 0.803. The van der Waals surface area contributed by atoms with E-state index in [1.807, 2.05) is 29.1 Å². The van der Waals surface area contributed by atoms with Gasteiger partial charge in [-0.3, -0.25) is 4.98 Å². The van der Waals surface area contributed by atoms with Gasteiger partial charge in [0.1, 0.15) is 11.5 Å². The van der Waals surface area contributed by atoms with Gasteiger partial charge in [0.05, 0.1) is 11.4 Å². The molecule has 0 saturated heterocycles. The van der Waals surface area contributed by atoms with E-state index in [1.54, 1.807) is 0 Å². The van der Waals surface area contributed by atoms with Gasteiger partial charge in [-0.25, -0.2) is 4.68 Å². The van der Waals surface area contributed by atoms with Gasteiger partial charge in [-0.2, -0.15) is 5.10 Å². The summed E-state index contributed by atoms with van der Waals surface area (Å²) >= 11 is 0. The van der Waals surface area contributed by atoms with E-state index in [0.29, 0.717) is 0 Å². The van der Waals surface area contributed by atoms with Crippen LogP contribution >= 0.6 is 0 Å². The van der Waals surface area contributed by atoms with E-state index in [2.05, 4.69) is 41.5 Å². The number of aryl methyl sites for hydroxylation is 1. The molecule has 0 aliphatic carbocycles. The summed E-state index contributed by atoms with van der Waals surface area (Å²) in [6.07, 6.45) is 3.86. The lowest BCUT2D eigenvalue weighted by Gasteiger charge is -2.07. The van der Waals surface area contributed by atoms with Gasteiger partial charge in [0, 0.05) is 18.3 Å². The maximum Gasteiger partial charge on any atom is 0.133 e. The predicted octanol–water partition coefficient (Wildman–Crippen LogP) is 3.46. The molecule has 2 aromatic heterocycles. The largest absolute Gasteiger partial charge is 0.369 e. The predicted molar refractivity (Wildman–Crippen MR) is 88.4 cm³/mol. The zero-order valence-corrected chi connectivity index (χ0v) is 12.6. The number of fused-ring (bicyclic) bond motifs is 1. The van der Waals surface area contributed by atoms with Gasteiger partial charge in [0.15, 0.2) is 0 Å². The molecule has 0 radical (unpaired) electrons. The summed E-state index contributed by atoms with van der Waals surface area (Å²) in [6, 6.07) is 14.6. The highest BCUT2D eigenvalue weighted by atomic mass is 15.3. The van der Waals surface area contributed by atoms with Gasteiger partial charge in [-0.1, -0.05) is 25.1 Å². The average molecular weight is 290 g/mol. The minimum Gasteiger partial charge on any atom is -0.369 e. The van der Waals surface area contributed by atoms with Crippen LogP contribution in [-0.4, -0.2) is 21.3 Å². The van der Waals surface area contributed by atoms with Gasteiger partial charge in [0.25, 0.3) is 0 Å². The molecule has 0 fully saturated rings. The minimum absolute atomic E-state index is 0.936. The molecule has 3 aromatic rings. The first kappa shape index (κ1) is 13.1. The lowest BCUT2D eigenvalue weighted by atomic mass is 10.1. The van der Waals surface area contributed by atoms with Crippen molar-refractivity contribution >= 4 is 5.82 Å². The Balaban J connectivity index is 1.84. The molecular formula is C18H18N4. The molecule has 3 heterocycles. The van der Waals surface area contributed by atoms with Crippen LogP contribution in [0.5, 0.6) is 0 Å². The van der Waals surface area contributed by atoms with Crippen LogP contribution in [0.4, 0.5) is 5.82 Å². The third-order valence-corrected chi connectivity index (χ3v) is 4.15. The number of benzene rings is 1. The van der Waals surface area contributed by atoms with Crippen LogP contribution in [0.25, 0.3) is 17.1 Å². The molecular weight excluding hydrogens is 272 g/mol.